The minimum atomic E-state index is -1.16. The maximum atomic E-state index is 13.3. The smallest absolute Gasteiger partial charge is 0.372 e. The fraction of sp³-hybridized carbons (Fsp3) is 0.111. The molecule has 0 amide bonds. The number of hydrogen-bond donors (Lipinski definition) is 1. The average molecular weight is 194 g/mol. The van der Waals surface area contributed by atoms with Gasteiger partial charge >= 0.3 is 5.97 Å². The van der Waals surface area contributed by atoms with Crippen LogP contribution in [-0.2, 0) is 7.05 Å². The molecular formula is C9H7FN2O2. The van der Waals surface area contributed by atoms with Crippen molar-refractivity contribution >= 4 is 17.0 Å². The molecule has 1 heterocycles. The topological polar surface area (TPSA) is 55.1 Å². The zero-order chi connectivity index (χ0) is 10.3. The fourth-order valence-corrected chi connectivity index (χ4v) is 1.41. The van der Waals surface area contributed by atoms with Gasteiger partial charge in [0.2, 0.25) is 5.82 Å². The normalized spacial score (nSPS) is 10.7. The third kappa shape index (κ3) is 1.06. The summed E-state index contributed by atoms with van der Waals surface area (Å²) in [6.07, 6.45) is 0. The molecule has 0 saturated heterocycles. The minimum absolute atomic E-state index is 0.162. The van der Waals surface area contributed by atoms with Crippen LogP contribution < -0.4 is 0 Å². The van der Waals surface area contributed by atoms with Crippen LogP contribution in [0.25, 0.3) is 11.0 Å². The van der Waals surface area contributed by atoms with Gasteiger partial charge in [-0.1, -0.05) is 6.07 Å². The number of aryl methyl sites for hydroxylation is 1. The molecule has 5 heteroatoms. The summed E-state index contributed by atoms with van der Waals surface area (Å²) in [5.74, 6) is -1.79. The second-order valence-electron chi connectivity index (χ2n) is 2.91. The molecule has 4 nitrogen and oxygen atoms in total. The third-order valence-corrected chi connectivity index (χ3v) is 2.04. The Morgan fingerprint density at radius 1 is 1.57 bits per heavy atom. The van der Waals surface area contributed by atoms with E-state index >= 15 is 0 Å². The first-order valence-electron chi connectivity index (χ1n) is 3.95. The molecule has 0 saturated carbocycles. The molecule has 2 aromatic rings. The highest BCUT2D eigenvalue weighted by atomic mass is 19.1. The van der Waals surface area contributed by atoms with Crippen LogP contribution in [0.5, 0.6) is 0 Å². The van der Waals surface area contributed by atoms with E-state index in [0.717, 1.165) is 0 Å². The number of imidazole rings is 1. The van der Waals surface area contributed by atoms with Gasteiger partial charge in [0.1, 0.15) is 11.3 Å². The van der Waals surface area contributed by atoms with Gasteiger partial charge in [-0.25, -0.2) is 14.2 Å². The number of fused-ring (bicyclic) bond motifs is 1. The van der Waals surface area contributed by atoms with E-state index in [2.05, 4.69) is 4.98 Å². The summed E-state index contributed by atoms with van der Waals surface area (Å²) < 4.78 is 14.5. The van der Waals surface area contributed by atoms with E-state index in [0.29, 0.717) is 5.52 Å². The Morgan fingerprint density at radius 2 is 2.29 bits per heavy atom. The van der Waals surface area contributed by atoms with Gasteiger partial charge in [-0.15, -0.1) is 0 Å². The quantitative estimate of drug-likeness (QED) is 0.746. The number of rotatable bonds is 1. The van der Waals surface area contributed by atoms with Crippen molar-refractivity contribution in [2.75, 3.05) is 0 Å². The number of carboxylic acid groups (broad SMARTS) is 1. The molecule has 0 bridgehead atoms. The lowest BCUT2D eigenvalue weighted by molar-refractivity contribution is 0.0680. The highest BCUT2D eigenvalue weighted by Gasteiger charge is 2.15. The van der Waals surface area contributed by atoms with Crippen molar-refractivity contribution < 1.29 is 14.3 Å². The summed E-state index contributed by atoms with van der Waals surface area (Å²) in [4.78, 5) is 14.5. The Kier molecular flexibility index (Phi) is 1.73. The van der Waals surface area contributed by atoms with E-state index in [1.807, 2.05) is 0 Å². The van der Waals surface area contributed by atoms with Gasteiger partial charge < -0.3 is 9.67 Å². The molecule has 1 aromatic heterocycles. The molecule has 2 rings (SSSR count). The number of aromatic nitrogens is 2. The number of hydrogen-bond acceptors (Lipinski definition) is 2. The van der Waals surface area contributed by atoms with Crippen molar-refractivity contribution in [3.8, 4) is 0 Å². The highest BCUT2D eigenvalue weighted by Crippen LogP contribution is 2.17. The summed E-state index contributed by atoms with van der Waals surface area (Å²) in [7, 11) is 1.47. The lowest BCUT2D eigenvalue weighted by Gasteiger charge is -1.97. The molecule has 1 aromatic carbocycles. The van der Waals surface area contributed by atoms with Crippen LogP contribution in [0, 0.1) is 5.82 Å². The standard InChI is InChI=1S/C9H7FN2O2/c1-12-7-5(10)3-2-4-6(7)11-8(12)9(13)14/h2-4H,1H3,(H,13,14). The molecule has 0 unspecified atom stereocenters. The summed E-state index contributed by atoms with van der Waals surface area (Å²) in [5, 5.41) is 8.75. The van der Waals surface area contributed by atoms with Crippen molar-refractivity contribution in [2.45, 2.75) is 0 Å². The van der Waals surface area contributed by atoms with Gasteiger partial charge in [-0.05, 0) is 12.1 Å². The fourth-order valence-electron chi connectivity index (χ4n) is 1.41. The Balaban J connectivity index is 2.87. The van der Waals surface area contributed by atoms with Gasteiger partial charge in [0.15, 0.2) is 0 Å². The second kappa shape index (κ2) is 2.80. The summed E-state index contributed by atoms with van der Waals surface area (Å²) >= 11 is 0. The molecule has 0 radical (unpaired) electrons. The SMILES string of the molecule is Cn1c(C(=O)O)nc2cccc(F)c21. The van der Waals surface area contributed by atoms with Crippen molar-refractivity contribution in [3.63, 3.8) is 0 Å². The Bertz CT molecular complexity index is 519. The van der Waals surface area contributed by atoms with Crippen LogP contribution in [0.3, 0.4) is 0 Å². The Labute approximate surface area is 78.6 Å². The molecule has 72 valence electrons. The largest absolute Gasteiger partial charge is 0.475 e. The molecule has 0 fully saturated rings. The number of carbonyl (C=O) groups is 1. The summed E-state index contributed by atoms with van der Waals surface area (Å²) in [5.41, 5.74) is 0.565. The molecule has 0 spiro atoms. The van der Waals surface area contributed by atoms with E-state index in [9.17, 15) is 9.18 Å². The molecular weight excluding hydrogens is 187 g/mol. The Hall–Kier alpha value is -1.91. The van der Waals surface area contributed by atoms with Crippen molar-refractivity contribution in [2.24, 2.45) is 7.05 Å². The summed E-state index contributed by atoms with van der Waals surface area (Å²) in [6, 6.07) is 4.34. The maximum Gasteiger partial charge on any atom is 0.372 e. The van der Waals surface area contributed by atoms with Gasteiger partial charge in [0.05, 0.1) is 5.52 Å². The van der Waals surface area contributed by atoms with Crippen LogP contribution >= 0.6 is 0 Å². The highest BCUT2D eigenvalue weighted by molar-refractivity contribution is 5.89. The molecule has 0 atom stereocenters. The number of benzene rings is 1. The van der Waals surface area contributed by atoms with Crippen molar-refractivity contribution in [1.82, 2.24) is 9.55 Å². The van der Waals surface area contributed by atoms with Crippen LogP contribution in [0.1, 0.15) is 10.6 Å². The third-order valence-electron chi connectivity index (χ3n) is 2.04. The predicted octanol–water partition coefficient (Wildman–Crippen LogP) is 1.41. The monoisotopic (exact) mass is 194 g/mol. The average Bonchev–Trinajstić information content (AvgIpc) is 2.45. The van der Waals surface area contributed by atoms with Crippen LogP contribution in [0.2, 0.25) is 0 Å². The maximum absolute atomic E-state index is 13.3. The number of halogens is 1. The molecule has 0 aliphatic heterocycles. The van der Waals surface area contributed by atoms with Gasteiger partial charge in [0.25, 0.3) is 0 Å². The molecule has 1 N–H and O–H groups in total. The minimum Gasteiger partial charge on any atom is -0.475 e. The van der Waals surface area contributed by atoms with Crippen LogP contribution in [0.4, 0.5) is 4.39 Å². The Morgan fingerprint density at radius 3 is 2.86 bits per heavy atom. The predicted molar refractivity (Wildman–Crippen MR) is 47.6 cm³/mol. The van der Waals surface area contributed by atoms with E-state index in [-0.39, 0.29) is 11.3 Å². The lowest BCUT2D eigenvalue weighted by Crippen LogP contribution is -2.05. The first-order valence-corrected chi connectivity index (χ1v) is 3.95. The molecule has 14 heavy (non-hydrogen) atoms. The van der Waals surface area contributed by atoms with Crippen LogP contribution in [-0.4, -0.2) is 20.6 Å². The number of carboxylic acids is 1. The molecule has 0 aliphatic carbocycles. The summed E-state index contributed by atoms with van der Waals surface area (Å²) in [6.45, 7) is 0. The first-order chi connectivity index (χ1) is 6.61. The van der Waals surface area contributed by atoms with Crippen LogP contribution in [0.15, 0.2) is 18.2 Å². The zero-order valence-electron chi connectivity index (χ0n) is 7.36. The lowest BCUT2D eigenvalue weighted by atomic mass is 10.3. The van der Waals surface area contributed by atoms with E-state index < -0.39 is 11.8 Å². The zero-order valence-corrected chi connectivity index (χ0v) is 7.36. The number of aromatic carboxylic acids is 1. The number of nitrogens with zero attached hydrogens (tertiary/aromatic N) is 2. The number of para-hydroxylation sites is 1. The van der Waals surface area contributed by atoms with E-state index in [1.54, 1.807) is 6.07 Å². The second-order valence-corrected chi connectivity index (χ2v) is 2.91. The van der Waals surface area contributed by atoms with Crippen molar-refractivity contribution in [3.05, 3.63) is 29.8 Å². The van der Waals surface area contributed by atoms with Gasteiger partial charge in [-0.3, -0.25) is 0 Å². The molecule has 0 aliphatic rings. The van der Waals surface area contributed by atoms with Gasteiger partial charge in [0, 0.05) is 7.05 Å². The van der Waals surface area contributed by atoms with Crippen molar-refractivity contribution in [1.29, 1.82) is 0 Å². The van der Waals surface area contributed by atoms with E-state index in [1.165, 1.54) is 23.7 Å². The van der Waals surface area contributed by atoms with Gasteiger partial charge in [-0.2, -0.15) is 0 Å². The van der Waals surface area contributed by atoms with E-state index in [4.69, 9.17) is 5.11 Å². The first kappa shape index (κ1) is 8.68.